The van der Waals surface area contributed by atoms with Gasteiger partial charge in [-0.15, -0.1) is 0 Å². The van der Waals surface area contributed by atoms with Crippen LogP contribution in [0.3, 0.4) is 0 Å². The van der Waals surface area contributed by atoms with E-state index >= 15 is 0 Å². The number of benzene rings is 3. The van der Waals surface area contributed by atoms with Crippen LogP contribution in [0.1, 0.15) is 47.9 Å². The number of ether oxygens (including phenoxy) is 1. The molecule has 0 heterocycles. The lowest BCUT2D eigenvalue weighted by molar-refractivity contribution is -0.145. The number of aryl methyl sites for hydroxylation is 2. The van der Waals surface area contributed by atoms with Crippen molar-refractivity contribution in [2.24, 2.45) is 0 Å². The van der Waals surface area contributed by atoms with Gasteiger partial charge < -0.3 is 20.5 Å². The van der Waals surface area contributed by atoms with Crippen molar-refractivity contribution in [2.75, 3.05) is 11.1 Å². The van der Waals surface area contributed by atoms with Crippen LogP contribution in [-0.2, 0) is 26.6 Å². The highest BCUT2D eigenvalue weighted by Gasteiger charge is 2.45. The number of amides is 2. The van der Waals surface area contributed by atoms with E-state index in [9.17, 15) is 19.5 Å². The summed E-state index contributed by atoms with van der Waals surface area (Å²) in [6, 6.07) is 21.9. The van der Waals surface area contributed by atoms with Gasteiger partial charge in [-0.3, -0.25) is 9.59 Å². The number of thioether (sulfide) groups is 1. The first-order valence-corrected chi connectivity index (χ1v) is 14.7. The Morgan fingerprint density at radius 1 is 0.925 bits per heavy atom. The third-order valence-corrected chi connectivity index (χ3v) is 8.04. The third-order valence-electron chi connectivity index (χ3n) is 6.93. The predicted octanol–water partition coefficient (Wildman–Crippen LogP) is 5.68. The molecule has 3 N–H and O–H groups in total. The van der Waals surface area contributed by atoms with Gasteiger partial charge in [-0.05, 0) is 86.1 Å². The summed E-state index contributed by atoms with van der Waals surface area (Å²) in [5.41, 5.74) is 3.75. The maximum atomic E-state index is 13.4. The van der Waals surface area contributed by atoms with Gasteiger partial charge in [0.2, 0.25) is 5.91 Å². The molecule has 4 rings (SSSR count). The van der Waals surface area contributed by atoms with Gasteiger partial charge in [0.05, 0.1) is 6.42 Å². The fraction of sp³-hybridized carbons (Fsp3) is 0.344. The van der Waals surface area contributed by atoms with Crippen molar-refractivity contribution in [3.63, 3.8) is 0 Å². The van der Waals surface area contributed by atoms with Gasteiger partial charge in [0.15, 0.2) is 5.60 Å². The highest BCUT2D eigenvalue weighted by molar-refractivity contribution is 7.98. The molecule has 1 fully saturated rings. The molecule has 2 amide bonds. The molecule has 1 aliphatic rings. The lowest BCUT2D eigenvalue weighted by Crippen LogP contribution is -2.54. The lowest BCUT2D eigenvalue weighted by atomic mass is 10.00. The number of aliphatic carboxylic acids is 1. The number of hydrogen-bond acceptors (Lipinski definition) is 5. The van der Waals surface area contributed by atoms with Crippen LogP contribution >= 0.6 is 11.8 Å². The molecular formula is C32H36N2O5S. The highest BCUT2D eigenvalue weighted by atomic mass is 32.2. The Kier molecular flexibility index (Phi) is 9.88. The minimum absolute atomic E-state index is 0.116. The van der Waals surface area contributed by atoms with Gasteiger partial charge in [0, 0.05) is 17.2 Å². The molecule has 40 heavy (non-hydrogen) atoms. The molecular weight excluding hydrogens is 524 g/mol. The van der Waals surface area contributed by atoms with Gasteiger partial charge in [0.1, 0.15) is 11.8 Å². The van der Waals surface area contributed by atoms with E-state index in [1.807, 2.05) is 68.4 Å². The topological polar surface area (TPSA) is 105 Å². The van der Waals surface area contributed by atoms with Crippen molar-refractivity contribution in [3.05, 3.63) is 95.1 Å². The molecule has 0 bridgehead atoms. The van der Waals surface area contributed by atoms with Crippen LogP contribution in [0.4, 0.5) is 5.69 Å². The average molecular weight is 561 g/mol. The summed E-state index contributed by atoms with van der Waals surface area (Å²) in [7, 11) is 0. The highest BCUT2D eigenvalue weighted by Crippen LogP contribution is 2.35. The van der Waals surface area contributed by atoms with E-state index in [-0.39, 0.29) is 18.1 Å². The molecule has 210 valence electrons. The van der Waals surface area contributed by atoms with E-state index in [0.717, 1.165) is 40.8 Å². The molecule has 3 aromatic carbocycles. The minimum Gasteiger partial charge on any atom is -0.480 e. The van der Waals surface area contributed by atoms with Crippen LogP contribution in [0, 0.1) is 13.8 Å². The summed E-state index contributed by atoms with van der Waals surface area (Å²) < 4.78 is 6.25. The number of nitrogens with one attached hydrogen (secondary N) is 2. The average Bonchev–Trinajstić information content (AvgIpc) is 3.39. The zero-order valence-corrected chi connectivity index (χ0v) is 23.8. The fourth-order valence-electron chi connectivity index (χ4n) is 4.99. The summed E-state index contributed by atoms with van der Waals surface area (Å²) in [4.78, 5) is 37.9. The van der Waals surface area contributed by atoms with E-state index in [4.69, 9.17) is 4.74 Å². The van der Waals surface area contributed by atoms with Crippen LogP contribution in [0.15, 0.2) is 72.8 Å². The molecule has 0 saturated heterocycles. The van der Waals surface area contributed by atoms with Gasteiger partial charge in [0.25, 0.3) is 5.91 Å². The summed E-state index contributed by atoms with van der Waals surface area (Å²) in [6.45, 7) is 3.98. The molecule has 7 nitrogen and oxygen atoms in total. The Bertz CT molecular complexity index is 1300. The standard InChI is InChI=1S/C32H36N2O5S/c1-22-16-23(2)18-26(17-22)33-29(35)19-24-10-12-27(13-11-24)39-32(14-6-7-15-32)31(38)34-28(30(36)37)21-40-20-25-8-4-3-5-9-25/h3-5,8-13,16-18,28H,6-7,14-15,19-21H2,1-2H3,(H,33,35)(H,34,38)(H,36,37)/t28-/m1/s1. The number of carbonyl (C=O) groups excluding carboxylic acids is 2. The van der Waals surface area contributed by atoms with E-state index < -0.39 is 23.5 Å². The maximum absolute atomic E-state index is 13.4. The Balaban J connectivity index is 1.34. The molecule has 0 aliphatic heterocycles. The van der Waals surface area contributed by atoms with Crippen molar-refractivity contribution in [1.29, 1.82) is 0 Å². The first kappa shape index (κ1) is 29.2. The molecule has 0 spiro atoms. The monoisotopic (exact) mass is 560 g/mol. The second kappa shape index (κ2) is 13.5. The van der Waals surface area contributed by atoms with Crippen LogP contribution in [0.25, 0.3) is 0 Å². The van der Waals surface area contributed by atoms with Crippen molar-refractivity contribution in [1.82, 2.24) is 5.32 Å². The normalized spacial score (nSPS) is 14.8. The Morgan fingerprint density at radius 2 is 1.57 bits per heavy atom. The smallest absolute Gasteiger partial charge is 0.327 e. The van der Waals surface area contributed by atoms with Gasteiger partial charge in [-0.1, -0.05) is 48.5 Å². The van der Waals surface area contributed by atoms with Crippen LogP contribution < -0.4 is 15.4 Å². The number of anilines is 1. The zero-order valence-electron chi connectivity index (χ0n) is 22.9. The summed E-state index contributed by atoms with van der Waals surface area (Å²) in [5, 5.41) is 15.4. The summed E-state index contributed by atoms with van der Waals surface area (Å²) >= 11 is 1.47. The molecule has 1 saturated carbocycles. The van der Waals surface area contributed by atoms with E-state index in [0.29, 0.717) is 24.3 Å². The Hall–Kier alpha value is -3.78. The largest absolute Gasteiger partial charge is 0.480 e. The summed E-state index contributed by atoms with van der Waals surface area (Å²) in [5.74, 6) is -0.140. The van der Waals surface area contributed by atoms with E-state index in [1.165, 1.54) is 11.8 Å². The van der Waals surface area contributed by atoms with Crippen LogP contribution in [0.2, 0.25) is 0 Å². The molecule has 0 radical (unpaired) electrons. The van der Waals surface area contributed by atoms with Crippen molar-refractivity contribution in [3.8, 4) is 5.75 Å². The Labute approximate surface area is 239 Å². The van der Waals surface area contributed by atoms with Crippen molar-refractivity contribution < 1.29 is 24.2 Å². The molecule has 1 atom stereocenters. The molecule has 3 aromatic rings. The molecule has 0 unspecified atom stereocenters. The van der Waals surface area contributed by atoms with E-state index in [2.05, 4.69) is 16.7 Å². The minimum atomic E-state index is -1.11. The predicted molar refractivity (Wildman–Crippen MR) is 159 cm³/mol. The number of carbonyl (C=O) groups is 3. The van der Waals surface area contributed by atoms with Gasteiger partial charge in [-0.2, -0.15) is 11.8 Å². The first-order valence-electron chi connectivity index (χ1n) is 13.5. The third kappa shape index (κ3) is 8.11. The number of rotatable bonds is 12. The molecule has 1 aliphatic carbocycles. The van der Waals surface area contributed by atoms with Crippen molar-refractivity contribution in [2.45, 2.75) is 63.3 Å². The molecule has 0 aromatic heterocycles. The quantitative estimate of drug-likeness (QED) is 0.263. The number of hydrogen-bond donors (Lipinski definition) is 3. The lowest BCUT2D eigenvalue weighted by Gasteiger charge is -2.30. The number of carboxylic acids is 1. The first-order chi connectivity index (χ1) is 19.2. The second-order valence-corrected chi connectivity index (χ2v) is 11.4. The van der Waals surface area contributed by atoms with Gasteiger partial charge in [-0.25, -0.2) is 4.79 Å². The van der Waals surface area contributed by atoms with Crippen LogP contribution in [0.5, 0.6) is 5.75 Å². The molecule has 8 heteroatoms. The number of carboxylic acid groups (broad SMARTS) is 1. The Morgan fingerprint density at radius 3 is 2.20 bits per heavy atom. The maximum Gasteiger partial charge on any atom is 0.327 e. The van der Waals surface area contributed by atoms with Crippen molar-refractivity contribution >= 4 is 35.2 Å². The van der Waals surface area contributed by atoms with Gasteiger partial charge >= 0.3 is 5.97 Å². The second-order valence-electron chi connectivity index (χ2n) is 10.4. The fourth-order valence-corrected chi connectivity index (χ4v) is 6.00. The van der Waals surface area contributed by atoms with E-state index in [1.54, 1.807) is 12.1 Å². The van der Waals surface area contributed by atoms with Crippen LogP contribution in [-0.4, -0.2) is 40.3 Å². The summed E-state index contributed by atoms with van der Waals surface area (Å²) in [6.07, 6.45) is 2.89. The SMILES string of the molecule is Cc1cc(C)cc(NC(=O)Cc2ccc(OC3(C(=O)N[C@H](CSCc4ccccc4)C(=O)O)CCCC3)cc2)c1. The zero-order chi connectivity index (χ0) is 28.5.